The number of carbonyl (C=O) groups excluding carboxylic acids is 1. The molecule has 0 bridgehead atoms. The molecule has 5 rings (SSSR count). The van der Waals surface area contributed by atoms with Crippen LogP contribution in [0.1, 0.15) is 28.9 Å². The van der Waals surface area contributed by atoms with Crippen LogP contribution in [0.4, 0.5) is 5.69 Å². The predicted molar refractivity (Wildman–Crippen MR) is 144 cm³/mol. The van der Waals surface area contributed by atoms with E-state index in [4.69, 9.17) is 9.84 Å². The second-order valence-electron chi connectivity index (χ2n) is 9.34. The number of methoxy groups -OCH3 is 1. The molecule has 0 unspecified atom stereocenters. The number of benzene rings is 3. The summed E-state index contributed by atoms with van der Waals surface area (Å²) < 4.78 is 6.89. The Morgan fingerprint density at radius 2 is 1.76 bits per heavy atom. The van der Waals surface area contributed by atoms with Gasteiger partial charge in [-0.05, 0) is 48.7 Å². The van der Waals surface area contributed by atoms with Crippen LogP contribution in [-0.2, 0) is 6.54 Å². The molecule has 1 aliphatic rings. The molecule has 194 valence electrons. The van der Waals surface area contributed by atoms with E-state index >= 15 is 0 Å². The van der Waals surface area contributed by atoms with Crippen molar-refractivity contribution in [2.24, 2.45) is 0 Å². The largest absolute Gasteiger partial charge is 0.497 e. The zero-order chi connectivity index (χ0) is 26.5. The van der Waals surface area contributed by atoms with E-state index in [1.54, 1.807) is 30.0 Å². The zero-order valence-corrected chi connectivity index (χ0v) is 21.1. The maximum atomic E-state index is 13.5. The Kier molecular flexibility index (Phi) is 7.46. The van der Waals surface area contributed by atoms with Crippen molar-refractivity contribution in [2.45, 2.75) is 25.4 Å². The van der Waals surface area contributed by atoms with E-state index < -0.39 is 4.92 Å². The first-order valence-electron chi connectivity index (χ1n) is 12.6. The van der Waals surface area contributed by atoms with E-state index in [-0.39, 0.29) is 17.6 Å². The lowest BCUT2D eigenvalue weighted by atomic mass is 10.0. The molecule has 9 nitrogen and oxygen atoms in total. The fourth-order valence-corrected chi connectivity index (χ4v) is 4.72. The predicted octanol–water partition coefficient (Wildman–Crippen LogP) is 4.85. The number of carbonyl (C=O) groups is 1. The van der Waals surface area contributed by atoms with Crippen LogP contribution in [-0.4, -0.2) is 51.8 Å². The minimum Gasteiger partial charge on any atom is -0.497 e. The van der Waals surface area contributed by atoms with E-state index in [0.29, 0.717) is 22.8 Å². The molecule has 0 spiro atoms. The van der Waals surface area contributed by atoms with Gasteiger partial charge in [-0.15, -0.1) is 0 Å². The topological polar surface area (TPSA) is 103 Å². The van der Waals surface area contributed by atoms with E-state index in [1.165, 1.54) is 17.7 Å². The second-order valence-corrected chi connectivity index (χ2v) is 9.34. The van der Waals surface area contributed by atoms with Crippen LogP contribution in [0.25, 0.3) is 16.9 Å². The van der Waals surface area contributed by atoms with Gasteiger partial charge in [-0.1, -0.05) is 42.5 Å². The number of likely N-dealkylation sites (tertiary alicyclic amines) is 1. The van der Waals surface area contributed by atoms with Crippen LogP contribution < -0.4 is 10.1 Å². The van der Waals surface area contributed by atoms with Crippen molar-refractivity contribution in [3.8, 4) is 22.7 Å². The molecule has 0 saturated carbocycles. The first-order valence-corrected chi connectivity index (χ1v) is 12.6. The Morgan fingerprint density at radius 3 is 2.45 bits per heavy atom. The molecule has 4 aromatic rings. The highest BCUT2D eigenvalue weighted by Crippen LogP contribution is 2.26. The highest BCUT2D eigenvalue weighted by atomic mass is 16.6. The average Bonchev–Trinajstić information content (AvgIpc) is 3.41. The van der Waals surface area contributed by atoms with Gasteiger partial charge in [-0.2, -0.15) is 5.10 Å². The van der Waals surface area contributed by atoms with Gasteiger partial charge in [-0.3, -0.25) is 19.8 Å². The molecule has 1 saturated heterocycles. The summed E-state index contributed by atoms with van der Waals surface area (Å²) in [5, 5.41) is 19.0. The first-order chi connectivity index (χ1) is 18.5. The van der Waals surface area contributed by atoms with E-state index in [0.717, 1.165) is 38.0 Å². The average molecular weight is 512 g/mol. The van der Waals surface area contributed by atoms with Crippen LogP contribution in [0.15, 0.2) is 84.9 Å². The summed E-state index contributed by atoms with van der Waals surface area (Å²) in [7, 11) is 1.60. The number of rotatable bonds is 8. The van der Waals surface area contributed by atoms with Gasteiger partial charge in [0.15, 0.2) is 0 Å². The lowest BCUT2D eigenvalue weighted by Gasteiger charge is -2.32. The molecule has 0 radical (unpaired) electrons. The molecule has 1 amide bonds. The van der Waals surface area contributed by atoms with Crippen LogP contribution in [0.3, 0.4) is 0 Å². The SMILES string of the molecule is COc1cccc(-c2cc(C(=O)NC3CCN(Cc4ccccc4)CC3)n(-c3ccc([N+](=O)[O-])cc3)n2)c1. The standard InChI is InChI=1S/C29H29N5O4/c1-38-26-9-5-8-22(18-26)27-19-28(33(31-27)24-10-12-25(13-11-24)34(36)37)29(35)30-23-14-16-32(17-15-23)20-21-6-3-2-4-7-21/h2-13,18-19,23H,14-17,20H2,1H3,(H,30,35). The third-order valence-electron chi connectivity index (χ3n) is 6.78. The van der Waals surface area contributed by atoms with Crippen LogP contribution >= 0.6 is 0 Å². The van der Waals surface area contributed by atoms with Gasteiger partial charge in [0.2, 0.25) is 0 Å². The van der Waals surface area contributed by atoms with Crippen molar-refractivity contribution < 1.29 is 14.5 Å². The summed E-state index contributed by atoms with van der Waals surface area (Å²) in [6, 6.07) is 25.7. The molecule has 1 N–H and O–H groups in total. The smallest absolute Gasteiger partial charge is 0.270 e. The highest BCUT2D eigenvalue weighted by Gasteiger charge is 2.24. The number of amides is 1. The molecule has 0 aliphatic carbocycles. The minimum atomic E-state index is -0.452. The molecule has 1 fully saturated rings. The number of piperidine rings is 1. The number of ether oxygens (including phenoxy) is 1. The maximum Gasteiger partial charge on any atom is 0.270 e. The van der Waals surface area contributed by atoms with Crippen molar-refractivity contribution in [1.29, 1.82) is 0 Å². The highest BCUT2D eigenvalue weighted by molar-refractivity contribution is 5.94. The Morgan fingerprint density at radius 1 is 1.03 bits per heavy atom. The monoisotopic (exact) mass is 511 g/mol. The second kappa shape index (κ2) is 11.3. The van der Waals surface area contributed by atoms with Gasteiger partial charge in [0, 0.05) is 43.4 Å². The first kappa shape index (κ1) is 25.2. The van der Waals surface area contributed by atoms with Gasteiger partial charge >= 0.3 is 0 Å². The summed E-state index contributed by atoms with van der Waals surface area (Å²) in [5.74, 6) is 0.451. The number of nitrogens with zero attached hydrogens (tertiary/aromatic N) is 4. The van der Waals surface area contributed by atoms with Crippen molar-refractivity contribution in [3.63, 3.8) is 0 Å². The van der Waals surface area contributed by atoms with Gasteiger partial charge in [0.1, 0.15) is 11.4 Å². The van der Waals surface area contributed by atoms with Crippen molar-refractivity contribution in [1.82, 2.24) is 20.0 Å². The molecular formula is C29H29N5O4. The van der Waals surface area contributed by atoms with E-state index in [1.807, 2.05) is 30.3 Å². The Bertz CT molecular complexity index is 1410. The van der Waals surface area contributed by atoms with Gasteiger partial charge < -0.3 is 10.1 Å². The number of nitro benzene ring substituents is 1. The van der Waals surface area contributed by atoms with E-state index in [9.17, 15) is 14.9 Å². The van der Waals surface area contributed by atoms with Crippen molar-refractivity contribution in [2.75, 3.05) is 20.2 Å². The molecule has 2 heterocycles. The fourth-order valence-electron chi connectivity index (χ4n) is 4.72. The normalized spacial score (nSPS) is 14.2. The number of nitro groups is 1. The maximum absolute atomic E-state index is 13.5. The number of nitrogens with one attached hydrogen (secondary N) is 1. The lowest BCUT2D eigenvalue weighted by molar-refractivity contribution is -0.384. The summed E-state index contributed by atoms with van der Waals surface area (Å²) >= 11 is 0. The fraction of sp³-hybridized carbons (Fsp3) is 0.241. The summed E-state index contributed by atoms with van der Waals surface area (Å²) in [6.07, 6.45) is 1.71. The number of non-ortho nitro benzene ring substituents is 1. The molecule has 1 aliphatic heterocycles. The third kappa shape index (κ3) is 5.73. The Labute approximate surface area is 220 Å². The number of hydrogen-bond donors (Lipinski definition) is 1. The Hall–Kier alpha value is -4.50. The minimum absolute atomic E-state index is 0.0258. The van der Waals surface area contributed by atoms with Gasteiger partial charge in [0.05, 0.1) is 23.4 Å². The number of hydrogen-bond acceptors (Lipinski definition) is 6. The van der Waals surface area contributed by atoms with Crippen LogP contribution in [0.5, 0.6) is 5.75 Å². The van der Waals surface area contributed by atoms with E-state index in [2.05, 4.69) is 34.5 Å². The lowest BCUT2D eigenvalue weighted by Crippen LogP contribution is -2.44. The molecule has 3 aromatic carbocycles. The molecule has 38 heavy (non-hydrogen) atoms. The zero-order valence-electron chi connectivity index (χ0n) is 21.1. The molecule has 0 atom stereocenters. The Balaban J connectivity index is 1.35. The summed E-state index contributed by atoms with van der Waals surface area (Å²) in [5.41, 5.74) is 3.59. The van der Waals surface area contributed by atoms with Gasteiger partial charge in [0.25, 0.3) is 11.6 Å². The molecule has 1 aromatic heterocycles. The summed E-state index contributed by atoms with van der Waals surface area (Å²) in [6.45, 7) is 2.70. The molecule has 9 heteroatoms. The third-order valence-corrected chi connectivity index (χ3v) is 6.78. The van der Waals surface area contributed by atoms with Crippen LogP contribution in [0, 0.1) is 10.1 Å². The van der Waals surface area contributed by atoms with Crippen molar-refractivity contribution in [3.05, 3.63) is 106 Å². The summed E-state index contributed by atoms with van der Waals surface area (Å²) in [4.78, 5) is 26.6. The quantitative estimate of drug-likeness (QED) is 0.268. The van der Waals surface area contributed by atoms with Crippen molar-refractivity contribution >= 4 is 11.6 Å². The van der Waals surface area contributed by atoms with Gasteiger partial charge in [-0.25, -0.2) is 4.68 Å². The molecular weight excluding hydrogens is 482 g/mol. The number of aromatic nitrogens is 2. The van der Waals surface area contributed by atoms with Crippen LogP contribution in [0.2, 0.25) is 0 Å².